The standard InChI is InChI=1S/C14H19N.C12H16O2.CH4/c1-10-5-6-11-7-8-12(14(2,3)4)9-13(11)15-10;1-12(2,3)9-4-5-10-11(8-9)14-7-6-13-10;/h7-9,15H,1,5-6H2,2-4H3;4-5,8H,6-7H2,1-3H3;1H4. The maximum atomic E-state index is 5.53. The smallest absolute Gasteiger partial charge is 0.161 e. The number of fused-ring (bicyclic) bond motifs is 2. The van der Waals surface area contributed by atoms with E-state index in [9.17, 15) is 0 Å². The van der Waals surface area contributed by atoms with E-state index in [1.54, 1.807) is 0 Å². The van der Waals surface area contributed by atoms with E-state index in [0.29, 0.717) is 13.2 Å². The summed E-state index contributed by atoms with van der Waals surface area (Å²) in [5, 5.41) is 3.38. The molecule has 4 rings (SSSR count). The van der Waals surface area contributed by atoms with Gasteiger partial charge in [0.15, 0.2) is 11.5 Å². The second-order valence-corrected chi connectivity index (χ2v) is 9.96. The molecular formula is C27H39NO2. The van der Waals surface area contributed by atoms with Crippen LogP contribution in [0.15, 0.2) is 48.7 Å². The lowest BCUT2D eigenvalue weighted by Crippen LogP contribution is -2.17. The topological polar surface area (TPSA) is 30.5 Å². The lowest BCUT2D eigenvalue weighted by molar-refractivity contribution is 0.171. The van der Waals surface area contributed by atoms with Crippen LogP contribution in [0.5, 0.6) is 11.5 Å². The molecule has 2 heterocycles. The van der Waals surface area contributed by atoms with Gasteiger partial charge in [0.05, 0.1) is 0 Å². The number of anilines is 1. The highest BCUT2D eigenvalue weighted by atomic mass is 16.6. The van der Waals surface area contributed by atoms with Crippen LogP contribution in [0.4, 0.5) is 5.69 Å². The highest BCUT2D eigenvalue weighted by Crippen LogP contribution is 2.35. The predicted molar refractivity (Wildman–Crippen MR) is 129 cm³/mol. The van der Waals surface area contributed by atoms with Crippen LogP contribution in [0.3, 0.4) is 0 Å². The van der Waals surface area contributed by atoms with E-state index >= 15 is 0 Å². The zero-order chi connectivity index (χ0) is 21.2. The molecule has 3 nitrogen and oxygen atoms in total. The fourth-order valence-electron chi connectivity index (χ4n) is 3.43. The van der Waals surface area contributed by atoms with Crippen LogP contribution in [0.25, 0.3) is 0 Å². The monoisotopic (exact) mass is 409 g/mol. The number of benzene rings is 2. The van der Waals surface area contributed by atoms with Gasteiger partial charge in [-0.05, 0) is 58.6 Å². The minimum absolute atomic E-state index is 0. The highest BCUT2D eigenvalue weighted by molar-refractivity contribution is 5.59. The fraction of sp³-hybridized carbons (Fsp3) is 0.481. The molecule has 164 valence electrons. The Bertz CT molecular complexity index is 885. The van der Waals surface area contributed by atoms with Crippen LogP contribution in [0.1, 0.15) is 72.1 Å². The predicted octanol–water partition coefficient (Wildman–Crippen LogP) is 7.25. The zero-order valence-electron chi connectivity index (χ0n) is 18.8. The summed E-state index contributed by atoms with van der Waals surface area (Å²) in [6.07, 6.45) is 2.17. The average molecular weight is 410 g/mol. The molecule has 0 radical (unpaired) electrons. The van der Waals surface area contributed by atoms with Crippen LogP contribution in [-0.4, -0.2) is 13.2 Å². The summed E-state index contributed by atoms with van der Waals surface area (Å²) < 4.78 is 11.0. The fourth-order valence-corrected chi connectivity index (χ4v) is 3.43. The van der Waals surface area contributed by atoms with Crippen LogP contribution in [-0.2, 0) is 17.3 Å². The molecular weight excluding hydrogens is 370 g/mol. The van der Waals surface area contributed by atoms with Crippen LogP contribution < -0.4 is 14.8 Å². The normalized spacial score (nSPS) is 15.1. The van der Waals surface area contributed by atoms with Gasteiger partial charge in [0, 0.05) is 11.4 Å². The lowest BCUT2D eigenvalue weighted by atomic mass is 9.85. The Kier molecular flexibility index (Phi) is 7.28. The van der Waals surface area contributed by atoms with E-state index in [-0.39, 0.29) is 18.3 Å². The van der Waals surface area contributed by atoms with E-state index in [0.717, 1.165) is 30.0 Å². The number of hydrogen-bond acceptors (Lipinski definition) is 3. The minimum atomic E-state index is 0. The summed E-state index contributed by atoms with van der Waals surface area (Å²) in [6, 6.07) is 12.9. The van der Waals surface area contributed by atoms with Crippen LogP contribution in [0, 0.1) is 0 Å². The first-order valence-corrected chi connectivity index (χ1v) is 10.5. The van der Waals surface area contributed by atoms with Gasteiger partial charge in [-0.3, -0.25) is 0 Å². The Morgan fingerprint density at radius 3 is 1.97 bits per heavy atom. The Labute approximate surface area is 183 Å². The van der Waals surface area contributed by atoms with Gasteiger partial charge in [-0.1, -0.05) is 73.7 Å². The first-order valence-electron chi connectivity index (χ1n) is 10.5. The maximum Gasteiger partial charge on any atom is 0.161 e. The summed E-state index contributed by atoms with van der Waals surface area (Å²) in [4.78, 5) is 0. The molecule has 0 saturated heterocycles. The third-order valence-electron chi connectivity index (χ3n) is 5.39. The van der Waals surface area contributed by atoms with E-state index in [4.69, 9.17) is 9.47 Å². The van der Waals surface area contributed by atoms with Crippen molar-refractivity contribution in [2.45, 2.75) is 72.6 Å². The van der Waals surface area contributed by atoms with E-state index in [1.165, 1.54) is 22.4 Å². The van der Waals surface area contributed by atoms with Gasteiger partial charge >= 0.3 is 0 Å². The van der Waals surface area contributed by atoms with Gasteiger partial charge < -0.3 is 14.8 Å². The molecule has 0 spiro atoms. The Balaban J connectivity index is 0.000000207. The molecule has 2 aliphatic heterocycles. The highest BCUT2D eigenvalue weighted by Gasteiger charge is 2.19. The third-order valence-corrected chi connectivity index (χ3v) is 5.39. The van der Waals surface area contributed by atoms with Crippen LogP contribution in [0.2, 0.25) is 0 Å². The maximum absolute atomic E-state index is 5.53. The third kappa shape index (κ3) is 5.81. The average Bonchev–Trinajstić information content (AvgIpc) is 2.66. The van der Waals surface area contributed by atoms with E-state index in [1.807, 2.05) is 6.07 Å². The number of ether oxygens (including phenoxy) is 2. The number of hydrogen-bond donors (Lipinski definition) is 1. The lowest BCUT2D eigenvalue weighted by Gasteiger charge is -2.25. The minimum Gasteiger partial charge on any atom is -0.486 e. The van der Waals surface area contributed by atoms with E-state index < -0.39 is 0 Å². The molecule has 1 N–H and O–H groups in total. The first kappa shape index (κ1) is 23.9. The molecule has 2 aliphatic rings. The van der Waals surface area contributed by atoms with Crippen molar-refractivity contribution in [2.75, 3.05) is 18.5 Å². The second kappa shape index (κ2) is 9.16. The van der Waals surface area contributed by atoms with E-state index in [2.05, 4.69) is 83.8 Å². The van der Waals surface area contributed by atoms with Gasteiger partial charge in [-0.25, -0.2) is 0 Å². The molecule has 2 aromatic rings. The molecule has 2 aromatic carbocycles. The van der Waals surface area contributed by atoms with Crippen molar-refractivity contribution in [3.63, 3.8) is 0 Å². The largest absolute Gasteiger partial charge is 0.486 e. The number of allylic oxidation sites excluding steroid dienone is 1. The van der Waals surface area contributed by atoms with Gasteiger partial charge in [-0.2, -0.15) is 0 Å². The number of rotatable bonds is 0. The van der Waals surface area contributed by atoms with Gasteiger partial charge in [0.2, 0.25) is 0 Å². The van der Waals surface area contributed by atoms with Crippen LogP contribution >= 0.6 is 0 Å². The molecule has 3 heteroatoms. The molecule has 0 unspecified atom stereocenters. The van der Waals surface area contributed by atoms with Gasteiger partial charge in [0.25, 0.3) is 0 Å². The van der Waals surface area contributed by atoms with Crippen molar-refractivity contribution in [2.24, 2.45) is 0 Å². The molecule has 0 saturated carbocycles. The Morgan fingerprint density at radius 1 is 0.767 bits per heavy atom. The van der Waals surface area contributed by atoms with Crippen molar-refractivity contribution in [1.29, 1.82) is 0 Å². The zero-order valence-corrected chi connectivity index (χ0v) is 18.8. The number of nitrogens with one attached hydrogen (secondary N) is 1. The molecule has 30 heavy (non-hydrogen) atoms. The second-order valence-electron chi connectivity index (χ2n) is 9.96. The quantitative estimate of drug-likeness (QED) is 0.497. The van der Waals surface area contributed by atoms with Crippen molar-refractivity contribution in [1.82, 2.24) is 0 Å². The van der Waals surface area contributed by atoms with Crippen molar-refractivity contribution in [3.05, 3.63) is 65.4 Å². The van der Waals surface area contributed by atoms with Crippen molar-refractivity contribution < 1.29 is 9.47 Å². The summed E-state index contributed by atoms with van der Waals surface area (Å²) in [7, 11) is 0. The molecule has 0 amide bonds. The Hall–Kier alpha value is -2.42. The summed E-state index contributed by atoms with van der Waals surface area (Å²) in [6.45, 7) is 18.6. The molecule has 0 bridgehead atoms. The summed E-state index contributed by atoms with van der Waals surface area (Å²) in [5.41, 5.74) is 6.83. The molecule has 0 aromatic heterocycles. The summed E-state index contributed by atoms with van der Waals surface area (Å²) >= 11 is 0. The number of aryl methyl sites for hydroxylation is 1. The molecule has 0 aliphatic carbocycles. The van der Waals surface area contributed by atoms with Crippen molar-refractivity contribution in [3.8, 4) is 11.5 Å². The summed E-state index contributed by atoms with van der Waals surface area (Å²) in [5.74, 6) is 1.74. The molecule has 0 atom stereocenters. The first-order chi connectivity index (χ1) is 13.5. The molecule has 0 fully saturated rings. The van der Waals surface area contributed by atoms with Gasteiger partial charge in [-0.15, -0.1) is 0 Å². The van der Waals surface area contributed by atoms with Crippen molar-refractivity contribution >= 4 is 5.69 Å². The van der Waals surface area contributed by atoms with Gasteiger partial charge in [0.1, 0.15) is 13.2 Å². The SMILES string of the molecule is C.C=C1CCc2ccc(C(C)(C)C)cc2N1.CC(C)(C)c1ccc2c(c1)OCCO2. The Morgan fingerprint density at radius 2 is 1.33 bits per heavy atom.